The molecular formula is C11H12N2O5S. The first-order chi connectivity index (χ1) is 8.81. The maximum Gasteiger partial charge on any atom is 0.312 e. The van der Waals surface area contributed by atoms with Crippen LogP contribution in [0.2, 0.25) is 0 Å². The summed E-state index contributed by atoms with van der Waals surface area (Å²) in [6, 6.07) is 2.63. The number of ether oxygens (including phenoxy) is 1. The van der Waals surface area contributed by atoms with Crippen molar-refractivity contribution in [2.75, 3.05) is 7.11 Å². The predicted octanol–water partition coefficient (Wildman–Crippen LogP) is 0.903. The van der Waals surface area contributed by atoms with Crippen molar-refractivity contribution in [2.45, 2.75) is 17.9 Å². The Labute approximate surface area is 110 Å². The van der Waals surface area contributed by atoms with E-state index < -0.39 is 26.7 Å². The largest absolute Gasteiger partial charge is 0.490 e. The lowest BCUT2D eigenvalue weighted by molar-refractivity contribution is -0.386. The van der Waals surface area contributed by atoms with Crippen LogP contribution in [-0.4, -0.2) is 26.5 Å². The van der Waals surface area contributed by atoms with Gasteiger partial charge in [-0.1, -0.05) is 5.92 Å². The van der Waals surface area contributed by atoms with Crippen LogP contribution in [-0.2, 0) is 10.0 Å². The first-order valence-corrected chi connectivity index (χ1v) is 6.61. The van der Waals surface area contributed by atoms with Gasteiger partial charge in [0.15, 0.2) is 5.75 Å². The molecule has 1 atom stereocenters. The smallest absolute Gasteiger partial charge is 0.312 e. The lowest BCUT2D eigenvalue weighted by atomic mass is 10.3. The lowest BCUT2D eigenvalue weighted by Crippen LogP contribution is -2.31. The summed E-state index contributed by atoms with van der Waals surface area (Å²) in [7, 11) is -2.65. The third-order valence-electron chi connectivity index (χ3n) is 2.24. The summed E-state index contributed by atoms with van der Waals surface area (Å²) in [6.07, 6.45) is 5.08. The molecule has 7 nitrogen and oxygen atoms in total. The number of nitrogens with zero attached hydrogens (tertiary/aromatic N) is 1. The van der Waals surface area contributed by atoms with Crippen molar-refractivity contribution < 1.29 is 18.1 Å². The maximum absolute atomic E-state index is 11.9. The van der Waals surface area contributed by atoms with E-state index in [1.54, 1.807) is 0 Å². The fourth-order valence-corrected chi connectivity index (χ4v) is 2.50. The number of nitro groups is 1. The van der Waals surface area contributed by atoms with Gasteiger partial charge in [0.1, 0.15) is 0 Å². The molecule has 1 unspecified atom stereocenters. The van der Waals surface area contributed by atoms with Gasteiger partial charge in [-0.25, -0.2) is 8.42 Å². The Morgan fingerprint density at radius 3 is 2.63 bits per heavy atom. The van der Waals surface area contributed by atoms with Gasteiger partial charge in [0.05, 0.1) is 23.0 Å². The third kappa shape index (κ3) is 3.43. The number of sulfonamides is 1. The van der Waals surface area contributed by atoms with E-state index in [-0.39, 0.29) is 10.6 Å². The first kappa shape index (κ1) is 14.9. The highest BCUT2D eigenvalue weighted by Gasteiger charge is 2.22. The molecule has 0 spiro atoms. The van der Waals surface area contributed by atoms with Crippen molar-refractivity contribution in [3.05, 3.63) is 28.3 Å². The van der Waals surface area contributed by atoms with Crippen LogP contribution in [0.1, 0.15) is 6.92 Å². The quantitative estimate of drug-likeness (QED) is 0.492. The summed E-state index contributed by atoms with van der Waals surface area (Å²) in [5.41, 5.74) is -0.432. The molecule has 0 bridgehead atoms. The van der Waals surface area contributed by atoms with Gasteiger partial charge in [-0.2, -0.15) is 4.72 Å². The van der Waals surface area contributed by atoms with Crippen LogP contribution >= 0.6 is 0 Å². The van der Waals surface area contributed by atoms with E-state index in [0.29, 0.717) is 0 Å². The molecule has 0 aliphatic rings. The molecule has 1 N–H and O–H groups in total. The zero-order valence-corrected chi connectivity index (χ0v) is 11.1. The molecule has 0 radical (unpaired) electrons. The lowest BCUT2D eigenvalue weighted by Gasteiger charge is -2.09. The SMILES string of the molecule is C#CC(C)NS(=O)(=O)c1ccc(OC)c([N+](=O)[O-])c1. The van der Waals surface area contributed by atoms with E-state index in [4.69, 9.17) is 11.2 Å². The minimum absolute atomic E-state index is 0.0195. The monoisotopic (exact) mass is 284 g/mol. The predicted molar refractivity (Wildman–Crippen MR) is 68.3 cm³/mol. The van der Waals surface area contributed by atoms with Gasteiger partial charge < -0.3 is 4.74 Å². The number of nitro benzene ring substituents is 1. The maximum atomic E-state index is 11.9. The second-order valence-electron chi connectivity index (χ2n) is 3.60. The molecular weight excluding hydrogens is 272 g/mol. The molecule has 0 heterocycles. The normalized spacial score (nSPS) is 12.5. The van der Waals surface area contributed by atoms with Crippen LogP contribution in [0.4, 0.5) is 5.69 Å². The molecule has 0 saturated carbocycles. The summed E-state index contributed by atoms with van der Waals surface area (Å²) >= 11 is 0. The van der Waals surface area contributed by atoms with Crippen LogP contribution in [0.25, 0.3) is 0 Å². The Hall–Kier alpha value is -2.11. The Balaban J connectivity index is 3.26. The second kappa shape index (κ2) is 5.69. The van der Waals surface area contributed by atoms with Crippen molar-refractivity contribution >= 4 is 15.7 Å². The Kier molecular flexibility index (Phi) is 4.47. The topological polar surface area (TPSA) is 98.5 Å². The van der Waals surface area contributed by atoms with Crippen molar-refractivity contribution in [1.29, 1.82) is 0 Å². The number of nitrogens with one attached hydrogen (secondary N) is 1. The molecule has 1 aromatic carbocycles. The molecule has 0 aliphatic carbocycles. The highest BCUT2D eigenvalue weighted by atomic mass is 32.2. The van der Waals surface area contributed by atoms with E-state index in [2.05, 4.69) is 10.6 Å². The molecule has 8 heteroatoms. The van der Waals surface area contributed by atoms with Crippen molar-refractivity contribution in [3.8, 4) is 18.1 Å². The number of terminal acetylenes is 1. The molecule has 0 fully saturated rings. The number of benzene rings is 1. The highest BCUT2D eigenvalue weighted by Crippen LogP contribution is 2.29. The van der Waals surface area contributed by atoms with Crippen LogP contribution in [0.5, 0.6) is 5.75 Å². The Morgan fingerprint density at radius 1 is 1.53 bits per heavy atom. The molecule has 0 aliphatic heterocycles. The minimum atomic E-state index is -3.91. The fraction of sp³-hybridized carbons (Fsp3) is 0.273. The molecule has 102 valence electrons. The summed E-state index contributed by atoms with van der Waals surface area (Å²) in [5, 5.41) is 10.8. The highest BCUT2D eigenvalue weighted by molar-refractivity contribution is 7.89. The van der Waals surface area contributed by atoms with E-state index >= 15 is 0 Å². The molecule has 19 heavy (non-hydrogen) atoms. The zero-order chi connectivity index (χ0) is 14.6. The van der Waals surface area contributed by atoms with Crippen LogP contribution < -0.4 is 9.46 Å². The minimum Gasteiger partial charge on any atom is -0.490 e. The van der Waals surface area contributed by atoms with Gasteiger partial charge in [0.2, 0.25) is 10.0 Å². The average molecular weight is 284 g/mol. The molecule has 0 aromatic heterocycles. The van der Waals surface area contributed by atoms with Gasteiger partial charge in [0.25, 0.3) is 0 Å². The third-order valence-corrected chi connectivity index (χ3v) is 3.78. The van der Waals surface area contributed by atoms with Crippen LogP contribution in [0, 0.1) is 22.5 Å². The average Bonchev–Trinajstić information content (AvgIpc) is 2.37. The molecule has 0 amide bonds. The number of rotatable bonds is 5. The van der Waals surface area contributed by atoms with E-state index in [1.807, 2.05) is 0 Å². The summed E-state index contributed by atoms with van der Waals surface area (Å²) in [6.45, 7) is 1.48. The zero-order valence-electron chi connectivity index (χ0n) is 10.3. The standard InChI is InChI=1S/C11H12N2O5S/c1-4-8(2)12-19(16,17)9-5-6-11(18-3)10(7-9)13(14)15/h1,5-8,12H,2-3H3. The van der Waals surface area contributed by atoms with Gasteiger partial charge in [-0.15, -0.1) is 6.42 Å². The van der Waals surface area contributed by atoms with Crippen molar-refractivity contribution in [1.82, 2.24) is 4.72 Å². The van der Waals surface area contributed by atoms with Crippen LogP contribution in [0.3, 0.4) is 0 Å². The van der Waals surface area contributed by atoms with Gasteiger partial charge in [0, 0.05) is 6.07 Å². The summed E-state index contributed by atoms with van der Waals surface area (Å²) < 4.78 is 30.8. The van der Waals surface area contributed by atoms with Gasteiger partial charge in [-0.05, 0) is 19.1 Å². The van der Waals surface area contributed by atoms with Crippen molar-refractivity contribution in [2.24, 2.45) is 0 Å². The van der Waals surface area contributed by atoms with Gasteiger partial charge in [-0.3, -0.25) is 10.1 Å². The van der Waals surface area contributed by atoms with E-state index in [0.717, 1.165) is 6.07 Å². The number of methoxy groups -OCH3 is 1. The second-order valence-corrected chi connectivity index (χ2v) is 5.31. The number of hydrogen-bond donors (Lipinski definition) is 1. The van der Waals surface area contributed by atoms with E-state index in [1.165, 1.54) is 26.2 Å². The first-order valence-electron chi connectivity index (χ1n) is 5.12. The van der Waals surface area contributed by atoms with Crippen molar-refractivity contribution in [3.63, 3.8) is 0 Å². The Morgan fingerprint density at radius 2 is 2.16 bits per heavy atom. The van der Waals surface area contributed by atoms with Crippen LogP contribution in [0.15, 0.2) is 23.1 Å². The summed E-state index contributed by atoms with van der Waals surface area (Å²) in [4.78, 5) is 9.85. The summed E-state index contributed by atoms with van der Waals surface area (Å²) in [5.74, 6) is 2.18. The molecule has 0 saturated heterocycles. The Bertz CT molecular complexity index is 633. The number of hydrogen-bond acceptors (Lipinski definition) is 5. The van der Waals surface area contributed by atoms with E-state index in [9.17, 15) is 18.5 Å². The van der Waals surface area contributed by atoms with Gasteiger partial charge >= 0.3 is 5.69 Å². The fourth-order valence-electron chi connectivity index (χ4n) is 1.31. The molecule has 1 aromatic rings. The molecule has 1 rings (SSSR count).